The van der Waals surface area contributed by atoms with Crippen LogP contribution in [0.4, 0.5) is 17.1 Å². The molecule has 0 spiro atoms. The maximum atomic E-state index is 13.0. The number of amides is 2. The Hall–Kier alpha value is -9.90. The second-order valence-electron chi connectivity index (χ2n) is 26.2. The predicted molar refractivity (Wildman–Crippen MR) is 427 cm³/mol. The second-order valence-corrected chi connectivity index (χ2v) is 28.4. The van der Waals surface area contributed by atoms with Crippen LogP contribution < -0.4 is 56.1 Å². The summed E-state index contributed by atoms with van der Waals surface area (Å²) in [6.07, 6.45) is 11.3. The molecule has 0 bridgehead atoms. The molecule has 25 heteroatoms. The van der Waals surface area contributed by atoms with E-state index in [0.29, 0.717) is 87.6 Å². The zero-order valence-electron chi connectivity index (χ0n) is 60.7. The third-order valence-corrected chi connectivity index (χ3v) is 15.6. The molecule has 0 aliphatic rings. The Bertz CT molecular complexity index is 5040. The Morgan fingerprint density at radius 3 is 1.36 bits per heavy atom. The van der Waals surface area contributed by atoms with Gasteiger partial charge in [0.05, 0.1) is 47.6 Å². The van der Waals surface area contributed by atoms with Gasteiger partial charge in [0.2, 0.25) is 17.1 Å². The third-order valence-electron chi connectivity index (χ3n) is 14.5. The Kier molecular flexibility index (Phi) is 36.7. The number of aromatic amines is 1. The Morgan fingerprint density at radius 2 is 0.954 bits per heavy atom. The molecule has 2 amide bonds. The summed E-state index contributed by atoms with van der Waals surface area (Å²) in [5.74, 6) is 4.06. The second kappa shape index (κ2) is 43.8. The number of nitrogens with two attached hydrogens (primary N) is 1. The number of nitrogen functional groups attached to an aromatic ring is 1. The summed E-state index contributed by atoms with van der Waals surface area (Å²) in [5.41, 5.74) is 13.6. The van der Waals surface area contributed by atoms with Gasteiger partial charge in [-0.2, -0.15) is 0 Å². The van der Waals surface area contributed by atoms with Crippen molar-refractivity contribution in [1.29, 1.82) is 0 Å². The summed E-state index contributed by atoms with van der Waals surface area (Å²) >= 11 is 32.3. The van der Waals surface area contributed by atoms with E-state index in [1.165, 1.54) is 12.3 Å². The van der Waals surface area contributed by atoms with Crippen molar-refractivity contribution in [3.05, 3.63) is 287 Å². The summed E-state index contributed by atoms with van der Waals surface area (Å²) in [5, 5.41) is 26.8. The number of carbonyl (C=O) groups is 6. The van der Waals surface area contributed by atoms with Gasteiger partial charge in [-0.1, -0.05) is 252 Å². The molecule has 0 aliphatic carbocycles. The molecular formula is C83H76Cl6N7NaO11. The summed E-state index contributed by atoms with van der Waals surface area (Å²) in [6, 6.07) is 59.9. The number of anilines is 3. The van der Waals surface area contributed by atoms with Crippen molar-refractivity contribution in [2.45, 2.75) is 92.4 Å². The van der Waals surface area contributed by atoms with E-state index in [4.69, 9.17) is 89.1 Å². The van der Waals surface area contributed by atoms with E-state index in [1.807, 2.05) is 120 Å². The fraction of sp³-hybridized carbons (Fsp3) is 0.181. The van der Waals surface area contributed by atoms with Crippen LogP contribution in [0.25, 0.3) is 33.4 Å². The van der Waals surface area contributed by atoms with Gasteiger partial charge in [-0.05, 0) is 90.0 Å². The number of nitrogens with one attached hydrogen (secondary N) is 3. The van der Waals surface area contributed by atoms with Gasteiger partial charge in [0, 0.05) is 110 Å². The SMILES string of the molecule is C#CCC(=O)Cl.C#CCC(=O)Nc1ccc(Cl)cc1C(=O)c1ccccc1.CC(C)(C)/C=N/O.CC(C)(C)c1cc(-c2c(-c3ccccc3)c3cc(Cl)ccc3[nH]c2=O)on1.CC(C)(C)c1cc(CC(=O)Nc2ccc(Cl)cc2C(=O)c2ccccc2)on1.Nc1ccc(Cl)cc1C(=O)c1ccccc1.[Na+].[O-]Cl. The molecule has 0 fully saturated rings. The molecule has 0 saturated carbocycles. The Labute approximate surface area is 679 Å². The van der Waals surface area contributed by atoms with Crippen LogP contribution in [-0.2, 0) is 31.6 Å². The normalized spacial score (nSPS) is 10.5. The van der Waals surface area contributed by atoms with Crippen LogP contribution in [-0.4, -0.2) is 61.1 Å². The molecule has 0 unspecified atom stereocenters. The van der Waals surface area contributed by atoms with Gasteiger partial charge in [-0.3, -0.25) is 33.6 Å². The van der Waals surface area contributed by atoms with Gasteiger partial charge >= 0.3 is 29.6 Å². The Morgan fingerprint density at radius 1 is 0.546 bits per heavy atom. The van der Waals surface area contributed by atoms with E-state index in [9.17, 15) is 33.6 Å². The van der Waals surface area contributed by atoms with Crippen LogP contribution in [0.5, 0.6) is 0 Å². The fourth-order valence-corrected chi connectivity index (χ4v) is 10.1. The number of ketones is 3. The van der Waals surface area contributed by atoms with Crippen LogP contribution in [0.1, 0.15) is 140 Å². The first kappa shape index (κ1) is 90.5. The molecule has 552 valence electrons. The molecule has 11 aromatic rings. The number of fused-ring (bicyclic) bond motifs is 1. The van der Waals surface area contributed by atoms with Crippen molar-refractivity contribution in [3.63, 3.8) is 0 Å². The number of pyridine rings is 1. The maximum Gasteiger partial charge on any atom is 1.00 e. The Balaban J connectivity index is 0.000000289. The number of halogens is 6. The summed E-state index contributed by atoms with van der Waals surface area (Å²) in [4.78, 5) is 87.1. The van der Waals surface area contributed by atoms with E-state index < -0.39 is 5.24 Å². The van der Waals surface area contributed by atoms with Gasteiger partial charge < -0.3 is 40.3 Å². The average molecular weight is 1580 g/mol. The van der Waals surface area contributed by atoms with Crippen LogP contribution in [0.2, 0.25) is 20.1 Å². The zero-order valence-corrected chi connectivity index (χ0v) is 67.2. The van der Waals surface area contributed by atoms with Crippen molar-refractivity contribution < 1.29 is 77.2 Å². The molecule has 0 atom stereocenters. The molecule has 0 saturated heterocycles. The predicted octanol–water partition coefficient (Wildman–Crippen LogP) is 16.3. The van der Waals surface area contributed by atoms with Crippen molar-refractivity contribution in [3.8, 4) is 47.1 Å². The number of H-pyrrole nitrogens is 1. The molecule has 11 rings (SSSR count). The molecule has 0 aliphatic heterocycles. The number of hydrogen-bond donors (Lipinski definition) is 5. The monoisotopic (exact) mass is 1580 g/mol. The van der Waals surface area contributed by atoms with E-state index in [0.717, 1.165) is 33.4 Å². The maximum absolute atomic E-state index is 13.0. The van der Waals surface area contributed by atoms with Crippen molar-refractivity contribution in [2.24, 2.45) is 10.6 Å². The molecule has 8 aromatic carbocycles. The molecular weight excluding hydrogens is 1510 g/mol. The third kappa shape index (κ3) is 28.7. The molecule has 3 aromatic heterocycles. The number of carbonyl (C=O) groups excluding carboxylic acids is 6. The van der Waals surface area contributed by atoms with Gasteiger partial charge in [-0.15, -0.1) is 18.0 Å². The molecule has 6 N–H and O–H groups in total. The standard InChI is InChI=1S/C22H21ClN2O3.C22H19ClN2O2.C17H12ClNO2.C13H10ClNO.C5H11NO.C4H3ClO.ClO.Na/c1-22(2,3)19-12-16(28-25-19)13-20(26)24-18-10-9-15(23)11-17(18)21(27)14-7-5-4-6-8-14;1-22(2,3)18-12-17(27-25-18)20-19(13-7-5-4-6-8-13)15-11-14(23)9-10-16(15)24-21(20)26;1-2-6-16(20)19-15-10-9-13(18)11-14(15)17(21)12-7-4-3-5-8-12;14-10-6-7-12(15)11(8-10)13(16)9-4-2-1-3-5-9;1-5(2,3)4-6-7;1-2-3-4(5)6;1-2;/h4-12H,13H2,1-3H3,(H,24,26);4-12H,1-3H3,(H,24,26);1,3-5,7-11H,6H2,(H,19,20);1-8H,15H2;4,7H,1-3H3;1H,3H2;;/q;;;;;;-1;+1/b;;;;6-4+;;;. The van der Waals surface area contributed by atoms with E-state index >= 15 is 0 Å². The zero-order chi connectivity index (χ0) is 79.2. The molecule has 18 nitrogen and oxygen atoms in total. The van der Waals surface area contributed by atoms with Crippen LogP contribution in [0, 0.1) is 30.1 Å². The number of rotatable bonds is 14. The smallest absolute Gasteiger partial charge is 0.769 e. The fourth-order valence-electron chi connectivity index (χ4n) is 9.38. The first-order valence-electron chi connectivity index (χ1n) is 32.5. The topological polar surface area (TPSA) is 293 Å². The largest absolute Gasteiger partial charge is 1.00 e. The minimum atomic E-state index is -0.475. The summed E-state index contributed by atoms with van der Waals surface area (Å²) < 4.78 is 18.6. The van der Waals surface area contributed by atoms with Crippen molar-refractivity contribution in [1.82, 2.24) is 15.3 Å². The minimum absolute atomic E-state index is 0. The van der Waals surface area contributed by atoms with E-state index in [-0.39, 0.29) is 99.8 Å². The van der Waals surface area contributed by atoms with Gasteiger partial charge in [-0.25, -0.2) is 11.9 Å². The number of terminal acetylenes is 2. The van der Waals surface area contributed by atoms with E-state index in [2.05, 4.69) is 82.0 Å². The number of nitrogens with zero attached hydrogens (tertiary/aromatic N) is 3. The number of aromatic nitrogens is 3. The van der Waals surface area contributed by atoms with Crippen LogP contribution in [0.15, 0.2) is 225 Å². The van der Waals surface area contributed by atoms with Gasteiger partial charge in [0.25, 0.3) is 5.56 Å². The first-order chi connectivity index (χ1) is 50.7. The summed E-state index contributed by atoms with van der Waals surface area (Å²) in [6.45, 7) is 18.1. The average Bonchev–Trinajstić information content (AvgIpc) is 1.25. The number of benzene rings is 8. The number of oxime groups is 1. The van der Waals surface area contributed by atoms with Crippen molar-refractivity contribution in [2.75, 3.05) is 16.4 Å². The molecule has 0 radical (unpaired) electrons. The van der Waals surface area contributed by atoms with E-state index in [1.54, 1.807) is 121 Å². The van der Waals surface area contributed by atoms with Gasteiger partial charge in [0.15, 0.2) is 23.1 Å². The van der Waals surface area contributed by atoms with Gasteiger partial charge in [0.1, 0.15) is 5.76 Å². The molecule has 108 heavy (non-hydrogen) atoms. The minimum Gasteiger partial charge on any atom is -0.769 e. The summed E-state index contributed by atoms with van der Waals surface area (Å²) in [7, 11) is 0. The van der Waals surface area contributed by atoms with Crippen molar-refractivity contribution >= 4 is 138 Å². The van der Waals surface area contributed by atoms with Crippen LogP contribution >= 0.6 is 69.9 Å². The van der Waals surface area contributed by atoms with Crippen LogP contribution in [0.3, 0.4) is 0 Å². The first-order valence-corrected chi connectivity index (χ1v) is 34.7. The molecule has 3 heterocycles. The number of hydrogen-bond acceptors (Lipinski definition) is 15. The quantitative estimate of drug-likeness (QED) is 0.00989.